The number of halogens is 1. The topological polar surface area (TPSA) is 59.9 Å². The van der Waals surface area contributed by atoms with Crippen LogP contribution < -0.4 is 10.1 Å². The lowest BCUT2D eigenvalue weighted by atomic mass is 10.1. The predicted molar refractivity (Wildman–Crippen MR) is 119 cm³/mol. The number of aryl methyl sites for hydroxylation is 1. The van der Waals surface area contributed by atoms with Gasteiger partial charge < -0.3 is 10.1 Å². The quantitative estimate of drug-likeness (QED) is 0.377. The van der Waals surface area contributed by atoms with Crippen LogP contribution in [0.25, 0.3) is 11.3 Å². The first-order chi connectivity index (χ1) is 15.3. The summed E-state index contributed by atoms with van der Waals surface area (Å²) in [7, 11) is 0. The first-order valence-electron chi connectivity index (χ1n) is 10.2. The van der Waals surface area contributed by atoms with Gasteiger partial charge in [0.2, 0.25) is 0 Å². The maximum Gasteiger partial charge on any atom is 0.165 e. The van der Waals surface area contributed by atoms with E-state index in [0.29, 0.717) is 23.7 Å². The van der Waals surface area contributed by atoms with Gasteiger partial charge in [0.25, 0.3) is 0 Å². The summed E-state index contributed by atoms with van der Waals surface area (Å²) in [5.41, 5.74) is 3.37. The minimum atomic E-state index is -0.420. The summed E-state index contributed by atoms with van der Waals surface area (Å²) in [6.45, 7) is 1.07. The third kappa shape index (κ3) is 5.85. The van der Waals surface area contributed by atoms with Gasteiger partial charge in [-0.3, -0.25) is 4.98 Å². The molecule has 0 aliphatic carbocycles. The molecule has 4 rings (SSSR count). The summed E-state index contributed by atoms with van der Waals surface area (Å²) in [5.74, 6) is 0.502. The summed E-state index contributed by atoms with van der Waals surface area (Å²) in [6.07, 6.45) is 5.10. The van der Waals surface area contributed by atoms with Gasteiger partial charge in [-0.15, -0.1) is 0 Å². The molecule has 0 atom stereocenters. The van der Waals surface area contributed by atoms with Crippen LogP contribution in [0, 0.1) is 5.82 Å². The number of nitrogens with zero attached hydrogens (tertiary/aromatic N) is 3. The van der Waals surface area contributed by atoms with Gasteiger partial charge in [-0.2, -0.15) is 0 Å². The molecular formula is C25H23FN4O. The van der Waals surface area contributed by atoms with Gasteiger partial charge in [0, 0.05) is 30.1 Å². The normalized spacial score (nSPS) is 10.6. The molecule has 2 aromatic heterocycles. The molecule has 0 aliphatic rings. The van der Waals surface area contributed by atoms with Crippen molar-refractivity contribution in [2.24, 2.45) is 0 Å². The van der Waals surface area contributed by atoms with Gasteiger partial charge in [0.1, 0.15) is 18.8 Å². The lowest BCUT2D eigenvalue weighted by Crippen LogP contribution is -2.05. The van der Waals surface area contributed by atoms with Crippen molar-refractivity contribution in [1.82, 2.24) is 15.0 Å². The van der Waals surface area contributed by atoms with Gasteiger partial charge in [-0.25, -0.2) is 14.4 Å². The number of hydrogen-bond acceptors (Lipinski definition) is 5. The fourth-order valence-corrected chi connectivity index (χ4v) is 3.16. The van der Waals surface area contributed by atoms with E-state index in [-0.39, 0.29) is 5.75 Å². The number of pyridine rings is 1. The highest BCUT2D eigenvalue weighted by Gasteiger charge is 2.09. The molecular weight excluding hydrogens is 391 g/mol. The molecule has 5 nitrogen and oxygen atoms in total. The highest BCUT2D eigenvalue weighted by Crippen LogP contribution is 2.26. The van der Waals surface area contributed by atoms with Gasteiger partial charge in [0.05, 0.1) is 5.69 Å². The Morgan fingerprint density at radius 3 is 2.55 bits per heavy atom. The first kappa shape index (κ1) is 20.5. The van der Waals surface area contributed by atoms with Crippen molar-refractivity contribution in [3.8, 4) is 17.0 Å². The molecule has 2 heterocycles. The summed E-state index contributed by atoms with van der Waals surface area (Å²) in [5, 5.41) is 3.29. The standard InChI is InChI=1S/C25H23FN4O/c26-22-15-20(11-12-24(22)31-17-19-7-2-1-3-8-19)23-16-25(30-18-29-23)28-14-6-10-21-9-4-5-13-27-21/h1-5,7-9,11-13,15-16,18H,6,10,14,17H2,(H,28,29,30). The van der Waals surface area contributed by atoms with Crippen molar-refractivity contribution in [2.75, 3.05) is 11.9 Å². The molecule has 0 spiro atoms. The largest absolute Gasteiger partial charge is 0.486 e. The average molecular weight is 414 g/mol. The van der Waals surface area contributed by atoms with E-state index in [1.54, 1.807) is 18.3 Å². The maximum absolute atomic E-state index is 14.6. The van der Waals surface area contributed by atoms with Crippen LogP contribution >= 0.6 is 0 Å². The SMILES string of the molecule is Fc1cc(-c2cc(NCCCc3ccccn3)ncn2)ccc1OCc1ccccc1. The van der Waals surface area contributed by atoms with Crippen molar-refractivity contribution in [2.45, 2.75) is 19.4 Å². The van der Waals surface area contributed by atoms with E-state index in [0.717, 1.165) is 30.6 Å². The molecule has 0 saturated heterocycles. The van der Waals surface area contributed by atoms with Crippen LogP contribution in [-0.2, 0) is 13.0 Å². The molecule has 0 radical (unpaired) electrons. The van der Waals surface area contributed by atoms with Crippen molar-refractivity contribution in [1.29, 1.82) is 0 Å². The Morgan fingerprint density at radius 1 is 0.871 bits per heavy atom. The van der Waals surface area contributed by atoms with E-state index in [4.69, 9.17) is 4.74 Å². The zero-order valence-corrected chi connectivity index (χ0v) is 17.0. The second-order valence-corrected chi connectivity index (χ2v) is 7.06. The Kier molecular flexibility index (Phi) is 6.80. The molecule has 31 heavy (non-hydrogen) atoms. The molecule has 4 aromatic rings. The minimum Gasteiger partial charge on any atom is -0.486 e. The Bertz CT molecular complexity index is 1110. The van der Waals surface area contributed by atoms with E-state index in [2.05, 4.69) is 20.3 Å². The van der Waals surface area contributed by atoms with E-state index in [9.17, 15) is 4.39 Å². The van der Waals surface area contributed by atoms with E-state index >= 15 is 0 Å². The van der Waals surface area contributed by atoms with E-state index < -0.39 is 5.82 Å². The second kappa shape index (κ2) is 10.3. The fraction of sp³-hybridized carbons (Fsp3) is 0.160. The van der Waals surface area contributed by atoms with Gasteiger partial charge in [-0.1, -0.05) is 36.4 Å². The lowest BCUT2D eigenvalue weighted by molar-refractivity contribution is 0.290. The number of ether oxygens (including phenoxy) is 1. The minimum absolute atomic E-state index is 0.217. The molecule has 0 bridgehead atoms. The lowest BCUT2D eigenvalue weighted by Gasteiger charge is -2.10. The van der Waals surface area contributed by atoms with Crippen LogP contribution in [0.1, 0.15) is 17.7 Å². The van der Waals surface area contributed by atoms with E-state index in [1.165, 1.54) is 12.4 Å². The van der Waals surface area contributed by atoms with Crippen molar-refractivity contribution >= 4 is 5.82 Å². The van der Waals surface area contributed by atoms with Crippen LogP contribution in [0.4, 0.5) is 10.2 Å². The first-order valence-corrected chi connectivity index (χ1v) is 10.2. The second-order valence-electron chi connectivity index (χ2n) is 7.06. The summed E-state index contributed by atoms with van der Waals surface area (Å²) < 4.78 is 20.2. The monoisotopic (exact) mass is 414 g/mol. The number of aromatic nitrogens is 3. The van der Waals surface area contributed by atoms with Crippen LogP contribution in [0.15, 0.2) is 85.3 Å². The summed E-state index contributed by atoms with van der Waals surface area (Å²) in [6, 6.07) is 22.3. The highest BCUT2D eigenvalue weighted by atomic mass is 19.1. The molecule has 0 amide bonds. The molecule has 0 unspecified atom stereocenters. The smallest absolute Gasteiger partial charge is 0.165 e. The Morgan fingerprint density at radius 2 is 1.74 bits per heavy atom. The molecule has 0 fully saturated rings. The molecule has 156 valence electrons. The van der Waals surface area contributed by atoms with E-state index in [1.807, 2.05) is 54.6 Å². The predicted octanol–water partition coefficient (Wildman–Crippen LogP) is 5.30. The third-order valence-corrected chi connectivity index (χ3v) is 4.77. The van der Waals surface area contributed by atoms with Crippen molar-refractivity contribution in [3.63, 3.8) is 0 Å². The number of benzene rings is 2. The summed E-state index contributed by atoms with van der Waals surface area (Å²) >= 11 is 0. The Hall–Kier alpha value is -3.80. The Balaban J connectivity index is 1.35. The molecule has 0 aliphatic heterocycles. The number of rotatable bonds is 9. The van der Waals surface area contributed by atoms with Crippen LogP contribution in [-0.4, -0.2) is 21.5 Å². The third-order valence-electron chi connectivity index (χ3n) is 4.77. The number of nitrogens with one attached hydrogen (secondary N) is 1. The van der Waals surface area contributed by atoms with Crippen LogP contribution in [0.5, 0.6) is 5.75 Å². The molecule has 0 saturated carbocycles. The van der Waals surface area contributed by atoms with Crippen molar-refractivity contribution in [3.05, 3.63) is 102 Å². The number of hydrogen-bond donors (Lipinski definition) is 1. The van der Waals surface area contributed by atoms with Crippen LogP contribution in [0.2, 0.25) is 0 Å². The summed E-state index contributed by atoms with van der Waals surface area (Å²) in [4.78, 5) is 12.9. The molecule has 2 aromatic carbocycles. The zero-order valence-electron chi connectivity index (χ0n) is 17.0. The number of anilines is 1. The fourth-order valence-electron chi connectivity index (χ4n) is 3.16. The van der Waals surface area contributed by atoms with Gasteiger partial charge in [-0.05, 0) is 48.7 Å². The maximum atomic E-state index is 14.6. The van der Waals surface area contributed by atoms with Gasteiger partial charge >= 0.3 is 0 Å². The molecule has 1 N–H and O–H groups in total. The average Bonchev–Trinajstić information content (AvgIpc) is 2.82. The highest BCUT2D eigenvalue weighted by molar-refractivity contribution is 5.63. The van der Waals surface area contributed by atoms with Gasteiger partial charge in [0.15, 0.2) is 11.6 Å². The Labute approximate surface area is 181 Å². The van der Waals surface area contributed by atoms with Crippen molar-refractivity contribution < 1.29 is 9.13 Å². The molecule has 6 heteroatoms. The zero-order chi connectivity index (χ0) is 21.3. The van der Waals surface area contributed by atoms with Crippen LogP contribution in [0.3, 0.4) is 0 Å².